The van der Waals surface area contributed by atoms with Gasteiger partial charge in [0.05, 0.1) is 0 Å². The highest BCUT2D eigenvalue weighted by Gasteiger charge is 2.19. The molecule has 0 aromatic rings. The second kappa shape index (κ2) is 7.73. The number of carboxylic acid groups (broad SMARTS) is 1. The molecule has 2 atom stereocenters. The van der Waals surface area contributed by atoms with Crippen LogP contribution in [0, 0.1) is 0 Å². The van der Waals surface area contributed by atoms with Crippen LogP contribution < -0.4 is 10.6 Å². The zero-order valence-corrected chi connectivity index (χ0v) is 9.82. The Morgan fingerprint density at radius 1 is 1.44 bits per heavy atom. The summed E-state index contributed by atoms with van der Waals surface area (Å²) in [5.41, 5.74) is 0. The van der Waals surface area contributed by atoms with Crippen molar-refractivity contribution in [1.82, 2.24) is 10.6 Å². The van der Waals surface area contributed by atoms with Gasteiger partial charge in [0.15, 0.2) is 0 Å². The van der Waals surface area contributed by atoms with Gasteiger partial charge < -0.3 is 15.7 Å². The van der Waals surface area contributed by atoms with Crippen LogP contribution >= 0.6 is 0 Å². The molecule has 0 spiro atoms. The molecule has 0 fully saturated rings. The van der Waals surface area contributed by atoms with Crippen LogP contribution in [0.5, 0.6) is 0 Å². The molecule has 0 aliphatic carbocycles. The van der Waals surface area contributed by atoms with Gasteiger partial charge in [0.2, 0.25) is 0 Å². The normalized spacial score (nSPS) is 13.6. The Morgan fingerprint density at radius 2 is 2.06 bits per heavy atom. The molecule has 0 saturated heterocycles. The van der Waals surface area contributed by atoms with E-state index in [9.17, 15) is 9.59 Å². The Labute approximate surface area is 95.9 Å². The van der Waals surface area contributed by atoms with Crippen LogP contribution in [0.15, 0.2) is 12.7 Å². The largest absolute Gasteiger partial charge is 0.480 e. The van der Waals surface area contributed by atoms with Crippen LogP contribution in [0.1, 0.15) is 33.1 Å². The van der Waals surface area contributed by atoms with Gasteiger partial charge in [-0.1, -0.05) is 25.8 Å². The van der Waals surface area contributed by atoms with Crippen LogP contribution in [-0.2, 0) is 4.79 Å². The smallest absolute Gasteiger partial charge is 0.326 e. The van der Waals surface area contributed by atoms with Gasteiger partial charge in [-0.2, -0.15) is 0 Å². The van der Waals surface area contributed by atoms with E-state index in [1.807, 2.05) is 6.92 Å². The highest BCUT2D eigenvalue weighted by Crippen LogP contribution is 2.00. The summed E-state index contributed by atoms with van der Waals surface area (Å²) in [5.74, 6) is -1.00. The number of aliphatic carboxylic acids is 1. The molecule has 92 valence electrons. The summed E-state index contributed by atoms with van der Waals surface area (Å²) in [4.78, 5) is 22.2. The fraction of sp³-hybridized carbons (Fsp3) is 0.636. The Hall–Kier alpha value is -1.52. The van der Waals surface area contributed by atoms with Crippen molar-refractivity contribution < 1.29 is 14.7 Å². The molecular formula is C11H20N2O3. The maximum atomic E-state index is 11.4. The van der Waals surface area contributed by atoms with E-state index < -0.39 is 18.0 Å². The first-order valence-electron chi connectivity index (χ1n) is 5.43. The highest BCUT2D eigenvalue weighted by atomic mass is 16.4. The summed E-state index contributed by atoms with van der Waals surface area (Å²) in [5, 5.41) is 13.9. The Balaban J connectivity index is 4.12. The van der Waals surface area contributed by atoms with E-state index >= 15 is 0 Å². The molecule has 5 heteroatoms. The van der Waals surface area contributed by atoms with Crippen molar-refractivity contribution in [2.75, 3.05) is 0 Å². The van der Waals surface area contributed by atoms with Gasteiger partial charge in [0, 0.05) is 6.04 Å². The SMILES string of the molecule is C=CC(C)NC(=O)NC(CCCC)C(=O)O. The van der Waals surface area contributed by atoms with Gasteiger partial charge in [-0.15, -0.1) is 6.58 Å². The minimum atomic E-state index is -1.00. The lowest BCUT2D eigenvalue weighted by atomic mass is 10.1. The molecule has 0 saturated carbocycles. The maximum Gasteiger partial charge on any atom is 0.326 e. The molecule has 16 heavy (non-hydrogen) atoms. The molecule has 0 bridgehead atoms. The number of amides is 2. The van der Waals surface area contributed by atoms with Crippen molar-refractivity contribution in [3.63, 3.8) is 0 Å². The lowest BCUT2D eigenvalue weighted by molar-refractivity contribution is -0.139. The van der Waals surface area contributed by atoms with E-state index in [1.54, 1.807) is 13.0 Å². The number of hydrogen-bond donors (Lipinski definition) is 3. The molecule has 0 aromatic carbocycles. The maximum absolute atomic E-state index is 11.4. The molecule has 2 unspecified atom stereocenters. The molecule has 5 nitrogen and oxygen atoms in total. The average molecular weight is 228 g/mol. The third-order valence-corrected chi connectivity index (χ3v) is 2.16. The summed E-state index contributed by atoms with van der Waals surface area (Å²) in [6.07, 6.45) is 3.69. The summed E-state index contributed by atoms with van der Waals surface area (Å²) in [7, 11) is 0. The molecular weight excluding hydrogens is 208 g/mol. The Morgan fingerprint density at radius 3 is 2.50 bits per heavy atom. The number of carboxylic acids is 1. The molecule has 3 N–H and O–H groups in total. The van der Waals surface area contributed by atoms with Crippen molar-refractivity contribution in [1.29, 1.82) is 0 Å². The number of carbonyl (C=O) groups excluding carboxylic acids is 1. The van der Waals surface area contributed by atoms with Crippen LogP contribution in [-0.4, -0.2) is 29.2 Å². The van der Waals surface area contributed by atoms with E-state index in [2.05, 4.69) is 17.2 Å². The third kappa shape index (κ3) is 6.06. The van der Waals surface area contributed by atoms with Crippen molar-refractivity contribution in [3.05, 3.63) is 12.7 Å². The van der Waals surface area contributed by atoms with Gasteiger partial charge >= 0.3 is 12.0 Å². The number of rotatable bonds is 7. The summed E-state index contributed by atoms with van der Waals surface area (Å²) in [6.45, 7) is 7.25. The van der Waals surface area contributed by atoms with Crippen LogP contribution in [0.3, 0.4) is 0 Å². The molecule has 0 aliphatic heterocycles. The fourth-order valence-corrected chi connectivity index (χ4v) is 1.13. The van der Waals surface area contributed by atoms with Gasteiger partial charge in [-0.05, 0) is 13.3 Å². The van der Waals surface area contributed by atoms with Crippen molar-refractivity contribution in [2.45, 2.75) is 45.2 Å². The summed E-state index contributed by atoms with van der Waals surface area (Å²) in [6, 6.07) is -1.48. The first-order chi connectivity index (χ1) is 7.51. The van der Waals surface area contributed by atoms with E-state index in [-0.39, 0.29) is 6.04 Å². The monoisotopic (exact) mass is 228 g/mol. The minimum absolute atomic E-state index is 0.180. The lowest BCUT2D eigenvalue weighted by Crippen LogP contribution is -2.48. The molecule has 0 aliphatic rings. The molecule has 2 amide bonds. The molecule has 0 heterocycles. The first-order valence-corrected chi connectivity index (χ1v) is 5.43. The first kappa shape index (κ1) is 14.5. The quantitative estimate of drug-likeness (QED) is 0.578. The molecule has 0 radical (unpaired) electrons. The van der Waals surface area contributed by atoms with Crippen molar-refractivity contribution in [3.8, 4) is 0 Å². The van der Waals surface area contributed by atoms with E-state index in [0.29, 0.717) is 6.42 Å². The van der Waals surface area contributed by atoms with Gasteiger partial charge in [-0.25, -0.2) is 9.59 Å². The summed E-state index contributed by atoms with van der Waals surface area (Å²) >= 11 is 0. The van der Waals surface area contributed by atoms with E-state index in [1.165, 1.54) is 0 Å². The predicted octanol–water partition coefficient (Wildman–Crippen LogP) is 1.50. The number of carbonyl (C=O) groups is 2. The fourth-order valence-electron chi connectivity index (χ4n) is 1.13. The zero-order chi connectivity index (χ0) is 12.6. The van der Waals surface area contributed by atoms with E-state index in [0.717, 1.165) is 12.8 Å². The Kier molecular flexibility index (Phi) is 7.00. The lowest BCUT2D eigenvalue weighted by Gasteiger charge is -2.16. The van der Waals surface area contributed by atoms with Crippen molar-refractivity contribution in [2.24, 2.45) is 0 Å². The van der Waals surface area contributed by atoms with Crippen LogP contribution in [0.25, 0.3) is 0 Å². The van der Waals surface area contributed by atoms with Crippen molar-refractivity contribution >= 4 is 12.0 Å². The van der Waals surface area contributed by atoms with Crippen LogP contribution in [0.4, 0.5) is 4.79 Å². The van der Waals surface area contributed by atoms with Gasteiger partial charge in [-0.3, -0.25) is 0 Å². The Bertz CT molecular complexity index is 254. The topological polar surface area (TPSA) is 78.4 Å². The summed E-state index contributed by atoms with van der Waals surface area (Å²) < 4.78 is 0. The minimum Gasteiger partial charge on any atom is -0.480 e. The van der Waals surface area contributed by atoms with E-state index in [4.69, 9.17) is 5.11 Å². The second-order valence-corrected chi connectivity index (χ2v) is 3.68. The number of unbranched alkanes of at least 4 members (excludes halogenated alkanes) is 1. The molecule has 0 rings (SSSR count). The van der Waals surface area contributed by atoms with Gasteiger partial charge in [0.1, 0.15) is 6.04 Å². The third-order valence-electron chi connectivity index (χ3n) is 2.16. The second-order valence-electron chi connectivity index (χ2n) is 3.68. The number of nitrogens with one attached hydrogen (secondary N) is 2. The number of hydrogen-bond acceptors (Lipinski definition) is 2. The van der Waals surface area contributed by atoms with Gasteiger partial charge in [0.25, 0.3) is 0 Å². The highest BCUT2D eigenvalue weighted by molar-refractivity contribution is 5.82. The standard InChI is InChI=1S/C11H20N2O3/c1-4-6-7-9(10(14)15)13-11(16)12-8(3)5-2/h5,8-9H,2,4,6-7H2,1,3H3,(H,14,15)(H2,12,13,16). The predicted molar refractivity (Wildman–Crippen MR) is 62.3 cm³/mol. The molecule has 0 aromatic heterocycles. The number of urea groups is 1. The van der Waals surface area contributed by atoms with Crippen LogP contribution in [0.2, 0.25) is 0 Å². The average Bonchev–Trinajstić information content (AvgIpc) is 2.23. The zero-order valence-electron chi connectivity index (χ0n) is 9.82.